The zero-order valence-electron chi connectivity index (χ0n) is 17.7. The van der Waals surface area contributed by atoms with E-state index in [9.17, 15) is 12.8 Å². The molecule has 0 spiro atoms. The second-order valence-corrected chi connectivity index (χ2v) is 10.9. The van der Waals surface area contributed by atoms with E-state index in [4.69, 9.17) is 0 Å². The van der Waals surface area contributed by atoms with Gasteiger partial charge in [-0.3, -0.25) is 15.0 Å². The molecule has 1 saturated carbocycles. The van der Waals surface area contributed by atoms with Crippen molar-refractivity contribution in [1.29, 1.82) is 0 Å². The maximum absolute atomic E-state index is 14.1. The van der Waals surface area contributed by atoms with Gasteiger partial charge in [0.25, 0.3) is 0 Å². The minimum absolute atomic E-state index is 0.265. The number of alkyl halides is 1. The summed E-state index contributed by atoms with van der Waals surface area (Å²) >= 11 is 0. The van der Waals surface area contributed by atoms with Crippen LogP contribution in [0.1, 0.15) is 55.1 Å². The van der Waals surface area contributed by atoms with Crippen molar-refractivity contribution in [1.82, 2.24) is 24.8 Å². The number of rotatable bonds is 7. The molecule has 0 saturated heterocycles. The SMILES string of the molecule is CC(C)(F)CNS(=O)(=O)c1c2c(cc3cnc(C4CC4)cc13)CN(Cc1ccn[nH]1)C2. The van der Waals surface area contributed by atoms with Gasteiger partial charge in [0.2, 0.25) is 10.0 Å². The number of hydrogen-bond acceptors (Lipinski definition) is 5. The fourth-order valence-corrected chi connectivity index (χ4v) is 5.85. The van der Waals surface area contributed by atoms with E-state index in [1.807, 2.05) is 18.2 Å². The third-order valence-corrected chi connectivity index (χ3v) is 7.40. The Balaban J connectivity index is 1.60. The van der Waals surface area contributed by atoms with Crippen LogP contribution in [0.2, 0.25) is 0 Å². The second kappa shape index (κ2) is 7.36. The highest BCUT2D eigenvalue weighted by Crippen LogP contribution is 2.42. The molecule has 2 aliphatic rings. The zero-order valence-corrected chi connectivity index (χ0v) is 18.5. The molecule has 0 amide bonds. The summed E-state index contributed by atoms with van der Waals surface area (Å²) < 4.78 is 43.5. The van der Waals surface area contributed by atoms with Crippen LogP contribution in [0, 0.1) is 0 Å². The Morgan fingerprint density at radius 2 is 2.10 bits per heavy atom. The summed E-state index contributed by atoms with van der Waals surface area (Å²) in [4.78, 5) is 7.02. The highest BCUT2D eigenvalue weighted by Gasteiger charge is 2.33. The number of H-pyrrole nitrogens is 1. The summed E-state index contributed by atoms with van der Waals surface area (Å²) in [6.07, 6.45) is 5.64. The normalized spacial score (nSPS) is 17.4. The Morgan fingerprint density at radius 3 is 2.77 bits per heavy atom. The summed E-state index contributed by atoms with van der Waals surface area (Å²) in [5, 5.41) is 8.42. The van der Waals surface area contributed by atoms with Gasteiger partial charge in [0.05, 0.1) is 4.90 Å². The molecule has 0 unspecified atom stereocenters. The van der Waals surface area contributed by atoms with E-state index in [-0.39, 0.29) is 11.4 Å². The summed E-state index contributed by atoms with van der Waals surface area (Å²) in [6.45, 7) is 4.22. The number of hydrogen-bond donors (Lipinski definition) is 2. The first-order valence-corrected chi connectivity index (χ1v) is 12.0. The minimum atomic E-state index is -3.92. The van der Waals surface area contributed by atoms with Crippen LogP contribution in [-0.2, 0) is 29.7 Å². The van der Waals surface area contributed by atoms with Crippen LogP contribution in [-0.4, -0.2) is 40.7 Å². The molecule has 164 valence electrons. The van der Waals surface area contributed by atoms with Crippen LogP contribution in [0.5, 0.6) is 0 Å². The second-order valence-electron chi connectivity index (χ2n) is 9.22. The number of fused-ring (bicyclic) bond motifs is 2. The molecule has 1 fully saturated rings. The van der Waals surface area contributed by atoms with Gasteiger partial charge in [0.15, 0.2) is 0 Å². The Bertz CT molecular complexity index is 1230. The molecule has 0 radical (unpaired) electrons. The molecule has 9 heteroatoms. The van der Waals surface area contributed by atoms with Gasteiger partial charge < -0.3 is 0 Å². The Hall–Kier alpha value is -2.36. The van der Waals surface area contributed by atoms with Gasteiger partial charge in [-0.1, -0.05) is 0 Å². The molecule has 2 N–H and O–H groups in total. The quantitative estimate of drug-likeness (QED) is 0.584. The van der Waals surface area contributed by atoms with Crippen LogP contribution in [0.25, 0.3) is 10.8 Å². The monoisotopic (exact) mass is 443 g/mol. The molecule has 5 rings (SSSR count). The van der Waals surface area contributed by atoms with Crippen molar-refractivity contribution in [2.45, 2.75) is 62.8 Å². The number of halogens is 1. The lowest BCUT2D eigenvalue weighted by Gasteiger charge is -2.18. The van der Waals surface area contributed by atoms with E-state index < -0.39 is 15.7 Å². The molecule has 3 aromatic rings. The standard InChI is InChI=1S/C22H26FN5O2S/c1-22(2,23)13-26-31(29,30)21-18-8-20(14-3-4-14)24-9-15(18)7-16-10-28(12-19(16)21)11-17-5-6-25-27-17/h5-9,14,26H,3-4,10-13H2,1-2H3,(H,25,27). The van der Waals surface area contributed by atoms with Gasteiger partial charge in [-0.15, -0.1) is 0 Å². The van der Waals surface area contributed by atoms with E-state index in [2.05, 4.69) is 24.8 Å². The van der Waals surface area contributed by atoms with E-state index >= 15 is 0 Å². The van der Waals surface area contributed by atoms with E-state index in [0.717, 1.165) is 40.7 Å². The topological polar surface area (TPSA) is 91.0 Å². The van der Waals surface area contributed by atoms with Gasteiger partial charge in [-0.25, -0.2) is 17.5 Å². The molecule has 1 aliphatic carbocycles. The third-order valence-electron chi connectivity index (χ3n) is 5.87. The average Bonchev–Trinajstić information content (AvgIpc) is 3.29. The third kappa shape index (κ3) is 4.22. The fraction of sp³-hybridized carbons (Fsp3) is 0.455. The first-order valence-electron chi connectivity index (χ1n) is 10.5. The van der Waals surface area contributed by atoms with E-state index in [1.54, 1.807) is 12.4 Å². The smallest absolute Gasteiger partial charge is 0.241 e. The summed E-state index contributed by atoms with van der Waals surface area (Å²) in [5.41, 5.74) is 2.00. The van der Waals surface area contributed by atoms with Gasteiger partial charge in [0.1, 0.15) is 5.67 Å². The average molecular weight is 444 g/mol. The van der Waals surface area contributed by atoms with Crippen LogP contribution in [0.3, 0.4) is 0 Å². The number of nitrogens with one attached hydrogen (secondary N) is 2. The molecule has 1 aromatic carbocycles. The molecule has 3 heterocycles. The number of benzene rings is 1. The molecule has 0 bridgehead atoms. The maximum atomic E-state index is 14.1. The molecule has 0 atom stereocenters. The van der Waals surface area contributed by atoms with Crippen molar-refractivity contribution >= 4 is 20.8 Å². The van der Waals surface area contributed by atoms with Gasteiger partial charge in [-0.2, -0.15) is 5.10 Å². The van der Waals surface area contributed by atoms with Crippen molar-refractivity contribution in [3.05, 3.63) is 53.1 Å². The lowest BCUT2D eigenvalue weighted by atomic mass is 10.0. The highest BCUT2D eigenvalue weighted by atomic mass is 32.2. The van der Waals surface area contributed by atoms with Crippen molar-refractivity contribution in [3.8, 4) is 0 Å². The first-order chi connectivity index (χ1) is 14.7. The summed E-state index contributed by atoms with van der Waals surface area (Å²) in [5.74, 6) is 0.405. The van der Waals surface area contributed by atoms with Gasteiger partial charge in [-0.05, 0) is 56.0 Å². The molecule has 7 nitrogen and oxygen atoms in total. The van der Waals surface area contributed by atoms with Crippen molar-refractivity contribution in [2.24, 2.45) is 0 Å². The van der Waals surface area contributed by atoms with Crippen molar-refractivity contribution < 1.29 is 12.8 Å². The summed E-state index contributed by atoms with van der Waals surface area (Å²) in [7, 11) is -3.92. The predicted octanol–water partition coefficient (Wildman–Crippen LogP) is 3.38. The molecule has 2 aromatic heterocycles. The van der Waals surface area contributed by atoms with Crippen LogP contribution in [0.15, 0.2) is 35.5 Å². The van der Waals surface area contributed by atoms with Gasteiger partial charge >= 0.3 is 0 Å². The van der Waals surface area contributed by atoms with Gasteiger partial charge in [0, 0.05) is 66.7 Å². The van der Waals surface area contributed by atoms with Crippen LogP contribution < -0.4 is 4.72 Å². The molecular formula is C22H26FN5O2S. The number of aromatic nitrogens is 3. The van der Waals surface area contributed by atoms with E-state index in [1.165, 1.54) is 13.8 Å². The Kier molecular flexibility index (Phi) is 4.87. The number of pyridine rings is 1. The lowest BCUT2D eigenvalue weighted by molar-refractivity contribution is 0.221. The number of nitrogens with zero attached hydrogens (tertiary/aromatic N) is 3. The highest BCUT2D eigenvalue weighted by molar-refractivity contribution is 7.89. The Morgan fingerprint density at radius 1 is 1.29 bits per heavy atom. The predicted molar refractivity (Wildman–Crippen MR) is 116 cm³/mol. The lowest BCUT2D eigenvalue weighted by Crippen LogP contribution is -2.36. The van der Waals surface area contributed by atoms with Crippen molar-refractivity contribution in [2.75, 3.05) is 6.54 Å². The summed E-state index contributed by atoms with van der Waals surface area (Å²) in [6, 6.07) is 5.87. The largest absolute Gasteiger partial charge is 0.289 e. The maximum Gasteiger partial charge on any atom is 0.241 e. The number of aromatic amines is 1. The first kappa shape index (κ1) is 20.5. The van der Waals surface area contributed by atoms with Crippen LogP contribution >= 0.6 is 0 Å². The van der Waals surface area contributed by atoms with Crippen molar-refractivity contribution in [3.63, 3.8) is 0 Å². The zero-order chi connectivity index (χ0) is 21.8. The molecule has 31 heavy (non-hydrogen) atoms. The molecular weight excluding hydrogens is 417 g/mol. The Labute approximate surface area is 181 Å². The molecule has 1 aliphatic heterocycles. The van der Waals surface area contributed by atoms with Crippen LogP contribution in [0.4, 0.5) is 4.39 Å². The van der Waals surface area contributed by atoms with E-state index in [0.29, 0.717) is 30.9 Å². The fourth-order valence-electron chi connectivity index (χ4n) is 4.19. The minimum Gasteiger partial charge on any atom is -0.289 e. The number of sulfonamides is 1.